The average Bonchev–Trinajstić information content (AvgIpc) is 2.65. The van der Waals surface area contributed by atoms with Crippen molar-refractivity contribution >= 4 is 17.0 Å². The zero-order valence-corrected chi connectivity index (χ0v) is 11.6. The molecule has 0 saturated carbocycles. The number of rotatable bonds is 2. The zero-order chi connectivity index (χ0) is 10.7. The van der Waals surface area contributed by atoms with Crippen molar-refractivity contribution in [2.24, 2.45) is 4.99 Å². The van der Waals surface area contributed by atoms with Gasteiger partial charge in [0.2, 0.25) is 0 Å². The van der Waals surface area contributed by atoms with E-state index in [1.165, 1.54) is 16.9 Å². The molecule has 0 atom stereocenters. The molecule has 1 aromatic heterocycles. The van der Waals surface area contributed by atoms with Crippen molar-refractivity contribution in [1.82, 2.24) is 0 Å². The van der Waals surface area contributed by atoms with E-state index in [1.54, 1.807) is 0 Å². The van der Waals surface area contributed by atoms with Crippen LogP contribution in [0.3, 0.4) is 0 Å². The summed E-state index contributed by atoms with van der Waals surface area (Å²) in [5.74, 6) is 0.785. The van der Waals surface area contributed by atoms with Gasteiger partial charge >= 0.3 is 0 Å². The van der Waals surface area contributed by atoms with Crippen molar-refractivity contribution < 1.29 is 51.3 Å². The van der Waals surface area contributed by atoms with E-state index in [0.717, 1.165) is 17.9 Å². The first-order valence-corrected chi connectivity index (χ1v) is 5.72. The van der Waals surface area contributed by atoms with Crippen LogP contribution in [-0.4, -0.2) is 0 Å². The first kappa shape index (κ1) is 14.2. The molecule has 0 unspecified atom stereocenters. The normalized spacial score (nSPS) is 11.2. The molecule has 0 amide bonds. The van der Waals surface area contributed by atoms with Gasteiger partial charge in [-0.3, -0.25) is 16.3 Å². The van der Waals surface area contributed by atoms with Gasteiger partial charge in [0.1, 0.15) is 4.87 Å². The molecular weight excluding hydrogens is 379 g/mol. The minimum Gasteiger partial charge on any atom is -0.539 e. The molecule has 0 spiro atoms. The van der Waals surface area contributed by atoms with Crippen molar-refractivity contribution in [2.45, 2.75) is 20.3 Å². The van der Waals surface area contributed by atoms with Crippen LogP contribution in [0.15, 0.2) is 33.7 Å². The second kappa shape index (κ2) is 6.80. The van der Waals surface area contributed by atoms with Gasteiger partial charge in [0.15, 0.2) is 0 Å². The summed E-state index contributed by atoms with van der Waals surface area (Å²) in [7, 11) is 0. The van der Waals surface area contributed by atoms with Gasteiger partial charge in [0.05, 0.1) is 0 Å². The Kier molecular flexibility index (Phi) is 6.04. The third-order valence-electron chi connectivity index (χ3n) is 2.11. The molecule has 0 bridgehead atoms. The van der Waals surface area contributed by atoms with E-state index >= 15 is 0 Å². The molecule has 0 aliphatic carbocycles. The minimum absolute atomic E-state index is 0. The molecule has 0 N–H and O–H groups in total. The second-order valence-corrected chi connectivity index (χ2v) is 3.98. The summed E-state index contributed by atoms with van der Waals surface area (Å²) in [6, 6.07) is 8.11. The quantitative estimate of drug-likeness (QED) is 0.722. The summed E-state index contributed by atoms with van der Waals surface area (Å²) in [5, 5.41) is 3.01. The molecule has 0 fully saturated rings. The van der Waals surface area contributed by atoms with Crippen molar-refractivity contribution in [2.75, 3.05) is 0 Å². The number of nitrogens with zero attached hydrogens (tertiary/aromatic N) is 1. The number of para-hydroxylation sites is 1. The molecule has 0 saturated heterocycles. The minimum atomic E-state index is 0. The summed E-state index contributed by atoms with van der Waals surface area (Å²) < 4.78 is 5.38. The SMILES string of the molecule is CCc1ccccc1N=c1oc(C)[c-]s1.[Yb]. The van der Waals surface area contributed by atoms with Gasteiger partial charge in [0.25, 0.3) is 0 Å². The maximum atomic E-state index is 5.38. The molecule has 2 aromatic rings. The Morgan fingerprint density at radius 1 is 1.38 bits per heavy atom. The third kappa shape index (κ3) is 3.59. The summed E-state index contributed by atoms with van der Waals surface area (Å²) >= 11 is 1.41. The van der Waals surface area contributed by atoms with Crippen molar-refractivity contribution in [3.05, 3.63) is 45.8 Å². The zero-order valence-electron chi connectivity index (χ0n) is 9.05. The molecule has 2 nitrogen and oxygen atoms in total. The number of hydrogen-bond donors (Lipinski definition) is 0. The number of hydrogen-bond acceptors (Lipinski definition) is 3. The monoisotopic (exact) mass is 392 g/mol. The Labute approximate surface area is 138 Å². The van der Waals surface area contributed by atoms with Crippen LogP contribution in [0.4, 0.5) is 5.69 Å². The molecule has 2 rings (SSSR count). The fraction of sp³-hybridized carbons (Fsp3) is 0.250. The molecule has 0 aliphatic rings. The van der Waals surface area contributed by atoms with Gasteiger partial charge in [-0.1, -0.05) is 25.1 Å². The number of aryl methyl sites for hydroxylation is 2. The maximum absolute atomic E-state index is 5.38. The molecular formula is C12H12NOSYb-. The summed E-state index contributed by atoms with van der Waals surface area (Å²) in [6.07, 6.45) is 0.980. The molecule has 4 heteroatoms. The smallest absolute Gasteiger partial charge is 0.116 e. The molecule has 1 heterocycles. The predicted octanol–water partition coefficient (Wildman–Crippen LogP) is 3.24. The van der Waals surface area contributed by atoms with Gasteiger partial charge < -0.3 is 4.42 Å². The van der Waals surface area contributed by atoms with Crippen LogP contribution in [0.5, 0.6) is 0 Å². The Bertz CT molecular complexity index is 515. The molecule has 16 heavy (non-hydrogen) atoms. The molecule has 92 valence electrons. The van der Waals surface area contributed by atoms with Crippen molar-refractivity contribution in [1.29, 1.82) is 0 Å². The Morgan fingerprint density at radius 3 is 2.75 bits per heavy atom. The summed E-state index contributed by atoms with van der Waals surface area (Å²) in [4.78, 5) is 5.11. The largest absolute Gasteiger partial charge is 0.539 e. The van der Waals surface area contributed by atoms with Gasteiger partial charge in [-0.2, -0.15) is 0 Å². The maximum Gasteiger partial charge on any atom is 0.116 e. The van der Waals surface area contributed by atoms with E-state index in [4.69, 9.17) is 4.42 Å². The van der Waals surface area contributed by atoms with Crippen molar-refractivity contribution in [3.63, 3.8) is 0 Å². The van der Waals surface area contributed by atoms with Crippen LogP contribution in [0, 0.1) is 59.2 Å². The van der Waals surface area contributed by atoms with Crippen molar-refractivity contribution in [3.8, 4) is 0 Å². The van der Waals surface area contributed by atoms with Gasteiger partial charge in [0, 0.05) is 52.6 Å². The Morgan fingerprint density at radius 2 is 2.12 bits per heavy atom. The molecule has 1 aromatic carbocycles. The average molecular weight is 391 g/mol. The van der Waals surface area contributed by atoms with E-state index in [1.807, 2.05) is 25.1 Å². The van der Waals surface area contributed by atoms with Crippen LogP contribution in [0.2, 0.25) is 0 Å². The third-order valence-corrected chi connectivity index (χ3v) is 2.85. The van der Waals surface area contributed by atoms with Gasteiger partial charge in [-0.25, -0.2) is 0 Å². The fourth-order valence-electron chi connectivity index (χ4n) is 1.35. The van der Waals surface area contributed by atoms with Crippen LogP contribution < -0.4 is 4.87 Å². The Balaban J connectivity index is 0.00000128. The topological polar surface area (TPSA) is 25.5 Å². The predicted molar refractivity (Wildman–Crippen MR) is 61.2 cm³/mol. The van der Waals surface area contributed by atoms with E-state index in [2.05, 4.69) is 23.4 Å². The van der Waals surface area contributed by atoms with Gasteiger partial charge in [-0.05, 0) is 30.7 Å². The first-order chi connectivity index (χ1) is 7.29. The van der Waals surface area contributed by atoms with Crippen LogP contribution >= 0.6 is 11.3 Å². The number of benzene rings is 1. The summed E-state index contributed by atoms with van der Waals surface area (Å²) in [6.45, 7) is 4.00. The summed E-state index contributed by atoms with van der Waals surface area (Å²) in [5.41, 5.74) is 2.22. The van der Waals surface area contributed by atoms with E-state index < -0.39 is 0 Å². The van der Waals surface area contributed by atoms with Crippen LogP contribution in [0.25, 0.3) is 0 Å². The second-order valence-electron chi connectivity index (χ2n) is 3.22. The van der Waals surface area contributed by atoms with Crippen LogP contribution in [-0.2, 0) is 6.42 Å². The van der Waals surface area contributed by atoms with Crippen LogP contribution in [0.1, 0.15) is 18.2 Å². The fourth-order valence-corrected chi connectivity index (χ4v) is 1.93. The first-order valence-electron chi connectivity index (χ1n) is 4.90. The Hall–Kier alpha value is 0.169. The van der Waals surface area contributed by atoms with E-state index in [9.17, 15) is 0 Å². The van der Waals surface area contributed by atoms with Gasteiger partial charge in [-0.15, -0.1) is 5.38 Å². The van der Waals surface area contributed by atoms with E-state index in [0.29, 0.717) is 4.87 Å². The molecule has 0 radical (unpaired) electrons. The molecule has 0 aliphatic heterocycles. The standard InChI is InChI=1S/C12H12NOS.Yb/c1-3-10-6-4-5-7-11(10)13-12-14-9(2)8-15-12;/h4-7H,3H2,1-2H3;/q-1;. The van der Waals surface area contributed by atoms with E-state index in [-0.39, 0.29) is 46.9 Å².